The molecule has 2 aliphatic heterocycles. The van der Waals surface area contributed by atoms with Crippen molar-refractivity contribution in [1.82, 2.24) is 24.4 Å². The third kappa shape index (κ3) is 5.36. The van der Waals surface area contributed by atoms with E-state index in [0.29, 0.717) is 16.0 Å². The smallest absolute Gasteiger partial charge is 0.283 e. The van der Waals surface area contributed by atoms with Crippen LogP contribution in [0.3, 0.4) is 0 Å². The fourth-order valence-electron chi connectivity index (χ4n) is 4.83. The average Bonchev–Trinajstić information content (AvgIpc) is 3.56. The molecule has 0 spiro atoms. The number of benzene rings is 1. The Morgan fingerprint density at radius 1 is 1.23 bits per heavy atom. The molecule has 39 heavy (non-hydrogen) atoms. The molecule has 1 fully saturated rings. The van der Waals surface area contributed by atoms with Crippen LogP contribution in [0.2, 0.25) is 0 Å². The van der Waals surface area contributed by atoms with Gasteiger partial charge in [0.25, 0.3) is 15.9 Å². The summed E-state index contributed by atoms with van der Waals surface area (Å²) in [5, 5.41) is 15.6. The molecule has 208 valence electrons. The van der Waals surface area contributed by atoms with Crippen LogP contribution in [0.4, 0.5) is 0 Å². The number of aromatic nitrogens is 1. The lowest BCUT2D eigenvalue weighted by Gasteiger charge is -2.40. The summed E-state index contributed by atoms with van der Waals surface area (Å²) in [5.74, 6) is -0.631. The number of fused-ring (bicyclic) bond motifs is 2. The van der Waals surface area contributed by atoms with Crippen molar-refractivity contribution in [3.63, 3.8) is 0 Å². The van der Waals surface area contributed by atoms with Crippen LogP contribution in [-0.2, 0) is 27.8 Å². The number of amides is 2. The molecule has 1 unspecified atom stereocenters. The van der Waals surface area contributed by atoms with Gasteiger partial charge in [-0.25, -0.2) is 13.4 Å². The van der Waals surface area contributed by atoms with Gasteiger partial charge in [0.2, 0.25) is 5.91 Å². The highest BCUT2D eigenvalue weighted by molar-refractivity contribution is 7.91. The van der Waals surface area contributed by atoms with Crippen LogP contribution >= 0.6 is 22.7 Å². The number of carbonyl (C=O) groups excluding carboxylic acids is 2. The SMILES string of the molecule is CNC(=O)CC1CN(S(=O)(=O)c2cc3cc(C(N)=NO)ccc3s2)CCN1C(=O)c1nc2c(s1)CN(C)CC2. The minimum atomic E-state index is -3.91. The third-order valence-corrected chi connectivity index (χ3v) is 11.5. The van der Waals surface area contributed by atoms with Crippen LogP contribution in [-0.4, -0.2) is 96.7 Å². The molecule has 12 nitrogen and oxygen atoms in total. The molecule has 1 aromatic carbocycles. The van der Waals surface area contributed by atoms with Gasteiger partial charge in [-0.3, -0.25) is 9.59 Å². The number of nitrogens with zero attached hydrogens (tertiary/aromatic N) is 5. The highest BCUT2D eigenvalue weighted by atomic mass is 32.2. The van der Waals surface area contributed by atoms with Gasteiger partial charge in [-0.1, -0.05) is 5.16 Å². The Morgan fingerprint density at radius 3 is 2.77 bits per heavy atom. The number of carbonyl (C=O) groups is 2. The molecule has 5 rings (SSSR count). The second-order valence-electron chi connectivity index (χ2n) is 9.57. The molecule has 2 aromatic heterocycles. The molecular formula is C24H29N7O5S3. The normalized spacial score (nSPS) is 19.3. The second kappa shape index (κ2) is 10.8. The number of sulfonamides is 1. The van der Waals surface area contributed by atoms with Crippen LogP contribution in [0.1, 0.15) is 32.4 Å². The van der Waals surface area contributed by atoms with Gasteiger partial charge in [-0.05, 0) is 36.7 Å². The molecular weight excluding hydrogens is 563 g/mol. The fourth-order valence-corrected chi connectivity index (χ4v) is 8.98. The summed E-state index contributed by atoms with van der Waals surface area (Å²) in [5.41, 5.74) is 7.09. The summed E-state index contributed by atoms with van der Waals surface area (Å²) in [4.78, 5) is 35.4. The predicted octanol–water partition coefficient (Wildman–Crippen LogP) is 1.09. The zero-order valence-electron chi connectivity index (χ0n) is 21.5. The first-order valence-electron chi connectivity index (χ1n) is 12.3. The van der Waals surface area contributed by atoms with Crippen molar-refractivity contribution >= 4 is 60.4 Å². The first kappa shape index (κ1) is 27.5. The van der Waals surface area contributed by atoms with Gasteiger partial charge in [0.15, 0.2) is 10.8 Å². The van der Waals surface area contributed by atoms with E-state index >= 15 is 0 Å². The molecule has 0 bridgehead atoms. The highest BCUT2D eigenvalue weighted by Crippen LogP contribution is 2.33. The molecule has 3 aromatic rings. The van der Waals surface area contributed by atoms with Gasteiger partial charge in [0.1, 0.15) is 4.21 Å². The maximum absolute atomic E-state index is 13.7. The lowest BCUT2D eigenvalue weighted by Crippen LogP contribution is -2.57. The minimum absolute atomic E-state index is 0.0149. The third-order valence-electron chi connectivity index (χ3n) is 7.00. The number of likely N-dealkylation sites (N-methyl/N-ethyl adjacent to an activating group) is 1. The first-order valence-corrected chi connectivity index (χ1v) is 15.4. The number of oxime groups is 1. The van der Waals surface area contributed by atoms with Gasteiger partial charge in [0, 0.05) is 67.8 Å². The number of rotatable bonds is 6. The predicted molar refractivity (Wildman–Crippen MR) is 149 cm³/mol. The average molecular weight is 592 g/mol. The second-order valence-corrected chi connectivity index (χ2v) is 13.9. The Morgan fingerprint density at radius 2 is 2.03 bits per heavy atom. The lowest BCUT2D eigenvalue weighted by atomic mass is 10.1. The van der Waals surface area contributed by atoms with Crippen molar-refractivity contribution in [3.05, 3.63) is 45.4 Å². The quantitative estimate of drug-likeness (QED) is 0.166. The van der Waals surface area contributed by atoms with Crippen LogP contribution in [0, 0.1) is 0 Å². The molecule has 2 aliphatic rings. The van der Waals surface area contributed by atoms with Crippen molar-refractivity contribution in [2.75, 3.05) is 40.3 Å². The van der Waals surface area contributed by atoms with Gasteiger partial charge in [-0.15, -0.1) is 22.7 Å². The van der Waals surface area contributed by atoms with E-state index in [-0.39, 0.29) is 47.9 Å². The molecule has 0 saturated carbocycles. The maximum Gasteiger partial charge on any atom is 0.283 e. The zero-order valence-corrected chi connectivity index (χ0v) is 23.9. The van der Waals surface area contributed by atoms with Crippen molar-refractivity contribution in [2.45, 2.75) is 29.6 Å². The summed E-state index contributed by atoms with van der Waals surface area (Å²) < 4.78 is 29.6. The topological polar surface area (TPSA) is 162 Å². The van der Waals surface area contributed by atoms with Gasteiger partial charge in [-0.2, -0.15) is 4.31 Å². The number of nitrogens with one attached hydrogen (secondary N) is 1. The number of amidine groups is 1. The molecule has 0 aliphatic carbocycles. The van der Waals surface area contributed by atoms with Gasteiger partial charge >= 0.3 is 0 Å². The number of hydrogen-bond donors (Lipinski definition) is 3. The van der Waals surface area contributed by atoms with Crippen LogP contribution in [0.25, 0.3) is 10.1 Å². The molecule has 4 heterocycles. The molecule has 1 atom stereocenters. The molecule has 4 N–H and O–H groups in total. The van der Waals surface area contributed by atoms with E-state index in [1.54, 1.807) is 29.2 Å². The van der Waals surface area contributed by atoms with Crippen molar-refractivity contribution < 1.29 is 23.2 Å². The van der Waals surface area contributed by atoms with Crippen molar-refractivity contribution in [3.8, 4) is 0 Å². The van der Waals surface area contributed by atoms with Crippen LogP contribution < -0.4 is 11.1 Å². The first-order chi connectivity index (χ1) is 18.6. The summed E-state index contributed by atoms with van der Waals surface area (Å²) >= 11 is 2.49. The summed E-state index contributed by atoms with van der Waals surface area (Å²) in [6.45, 7) is 1.84. The minimum Gasteiger partial charge on any atom is -0.409 e. The Balaban J connectivity index is 1.40. The number of nitrogens with two attached hydrogens (primary N) is 1. The van der Waals surface area contributed by atoms with E-state index in [0.717, 1.165) is 46.1 Å². The largest absolute Gasteiger partial charge is 0.409 e. The molecule has 2 amide bonds. The number of hydrogen-bond acceptors (Lipinski definition) is 10. The van der Waals surface area contributed by atoms with Crippen molar-refractivity contribution in [1.29, 1.82) is 0 Å². The fraction of sp³-hybridized carbons (Fsp3) is 0.417. The Bertz CT molecular complexity index is 1570. The summed E-state index contributed by atoms with van der Waals surface area (Å²) in [6, 6.07) is 5.96. The van der Waals surface area contributed by atoms with Gasteiger partial charge in [0.05, 0.1) is 11.7 Å². The number of thiazole rings is 1. The maximum atomic E-state index is 13.7. The van der Waals surface area contributed by atoms with E-state index in [9.17, 15) is 18.0 Å². The molecule has 1 saturated heterocycles. The van der Waals surface area contributed by atoms with E-state index in [2.05, 4.69) is 20.4 Å². The van der Waals surface area contributed by atoms with E-state index < -0.39 is 16.1 Å². The standard InChI is InChI=1S/C24H29N7O5S3/c1-26-20(32)11-16-12-30(7-8-31(16)24(33)23-27-17-5-6-29(2)13-19(17)38-23)39(35,36)21-10-15-9-14(22(25)28-34)3-4-18(15)37-21/h3-4,9-10,16,34H,5-8,11-13H2,1-2H3,(H2,25,28)(H,26,32). The molecule has 0 radical (unpaired) electrons. The van der Waals surface area contributed by atoms with Crippen LogP contribution in [0.5, 0.6) is 0 Å². The van der Waals surface area contributed by atoms with E-state index in [4.69, 9.17) is 10.9 Å². The lowest BCUT2D eigenvalue weighted by molar-refractivity contribution is -0.121. The monoisotopic (exact) mass is 591 g/mol. The van der Waals surface area contributed by atoms with Gasteiger partial charge < -0.3 is 26.1 Å². The Labute approximate surface area is 233 Å². The van der Waals surface area contributed by atoms with Crippen LogP contribution in [0.15, 0.2) is 33.6 Å². The highest BCUT2D eigenvalue weighted by Gasteiger charge is 2.39. The van der Waals surface area contributed by atoms with E-state index in [1.165, 1.54) is 22.7 Å². The zero-order chi connectivity index (χ0) is 27.9. The number of piperazine rings is 1. The van der Waals surface area contributed by atoms with E-state index in [1.807, 2.05) is 7.05 Å². The number of thiophene rings is 1. The molecule has 15 heteroatoms. The Hall–Kier alpha value is -3.11. The summed E-state index contributed by atoms with van der Waals surface area (Å²) in [7, 11) is -0.371. The Kier molecular flexibility index (Phi) is 7.61. The van der Waals surface area contributed by atoms with Crippen molar-refractivity contribution in [2.24, 2.45) is 10.9 Å². The summed E-state index contributed by atoms with van der Waals surface area (Å²) in [6.07, 6.45) is 0.747.